The number of nitrogen functional groups attached to an aromatic ring is 1. The number of hydrogen-bond acceptors (Lipinski definition) is 4. The number of rotatable bonds is 2. The average Bonchev–Trinajstić information content (AvgIpc) is 2.98. The van der Waals surface area contributed by atoms with Crippen LogP contribution in [-0.2, 0) is 11.2 Å². The highest BCUT2D eigenvalue weighted by Gasteiger charge is 2.30. The van der Waals surface area contributed by atoms with Crippen LogP contribution in [0.2, 0.25) is 0 Å². The standard InChI is InChI=1S/C21H28N2O3/c1-6-15-12-16-18(13(2)11-17(22)19(16)25-15)14-7-9-23(10-8-14)20(24)26-21(3,4)5/h6-7,11,15H,1,8-10,12,22H2,2-5H3/t15-/m1/s1. The summed E-state index contributed by atoms with van der Waals surface area (Å²) in [6, 6.07) is 1.97. The van der Waals surface area contributed by atoms with Crippen LogP contribution in [0.15, 0.2) is 24.8 Å². The van der Waals surface area contributed by atoms with Crippen molar-refractivity contribution < 1.29 is 14.3 Å². The fourth-order valence-corrected chi connectivity index (χ4v) is 3.59. The Balaban J connectivity index is 1.85. The first-order chi connectivity index (χ1) is 12.2. The molecule has 0 aliphatic carbocycles. The second-order valence-electron chi connectivity index (χ2n) is 7.97. The van der Waals surface area contributed by atoms with Crippen molar-refractivity contribution in [1.29, 1.82) is 0 Å². The molecule has 2 heterocycles. The highest BCUT2D eigenvalue weighted by Crippen LogP contribution is 2.42. The molecule has 5 nitrogen and oxygen atoms in total. The van der Waals surface area contributed by atoms with Gasteiger partial charge in [0.15, 0.2) is 0 Å². The molecular weight excluding hydrogens is 328 g/mol. The van der Waals surface area contributed by atoms with Gasteiger partial charge in [-0.2, -0.15) is 0 Å². The summed E-state index contributed by atoms with van der Waals surface area (Å²) >= 11 is 0. The van der Waals surface area contributed by atoms with E-state index in [9.17, 15) is 4.79 Å². The minimum Gasteiger partial charge on any atom is -0.484 e. The van der Waals surface area contributed by atoms with Gasteiger partial charge in [-0.3, -0.25) is 0 Å². The first-order valence-electron chi connectivity index (χ1n) is 9.08. The number of anilines is 1. The van der Waals surface area contributed by atoms with Crippen molar-refractivity contribution in [2.24, 2.45) is 0 Å². The van der Waals surface area contributed by atoms with Gasteiger partial charge in [0, 0.05) is 25.1 Å². The zero-order valence-corrected chi connectivity index (χ0v) is 16.1. The number of amides is 1. The maximum absolute atomic E-state index is 12.3. The van der Waals surface area contributed by atoms with Gasteiger partial charge in [0.05, 0.1) is 5.69 Å². The highest BCUT2D eigenvalue weighted by molar-refractivity contribution is 5.80. The molecule has 5 heteroatoms. The first kappa shape index (κ1) is 18.4. The van der Waals surface area contributed by atoms with Gasteiger partial charge in [0.25, 0.3) is 0 Å². The second kappa shape index (κ2) is 6.71. The molecule has 1 atom stereocenters. The molecule has 2 N–H and O–H groups in total. The molecule has 0 unspecified atom stereocenters. The summed E-state index contributed by atoms with van der Waals surface area (Å²) < 4.78 is 11.4. The first-order valence-corrected chi connectivity index (χ1v) is 9.08. The monoisotopic (exact) mass is 356 g/mol. The lowest BCUT2D eigenvalue weighted by Gasteiger charge is -2.30. The molecule has 140 valence electrons. The number of benzene rings is 1. The van der Waals surface area contributed by atoms with Crippen LogP contribution in [-0.4, -0.2) is 35.8 Å². The normalized spacial score (nSPS) is 19.5. The van der Waals surface area contributed by atoms with Gasteiger partial charge in [-0.1, -0.05) is 18.7 Å². The smallest absolute Gasteiger partial charge is 0.410 e. The summed E-state index contributed by atoms with van der Waals surface area (Å²) in [7, 11) is 0. The summed E-state index contributed by atoms with van der Waals surface area (Å²) in [5.74, 6) is 0.783. The molecular formula is C21H28N2O3. The van der Waals surface area contributed by atoms with Gasteiger partial charge < -0.3 is 20.1 Å². The summed E-state index contributed by atoms with van der Waals surface area (Å²) in [6.07, 6.45) is 5.21. The Morgan fingerprint density at radius 3 is 2.77 bits per heavy atom. The molecule has 0 fully saturated rings. The Morgan fingerprint density at radius 2 is 2.19 bits per heavy atom. The van der Waals surface area contributed by atoms with Crippen molar-refractivity contribution >= 4 is 17.4 Å². The zero-order valence-electron chi connectivity index (χ0n) is 16.1. The lowest BCUT2D eigenvalue weighted by molar-refractivity contribution is 0.0270. The number of aryl methyl sites for hydroxylation is 1. The van der Waals surface area contributed by atoms with E-state index < -0.39 is 5.60 Å². The number of carbonyl (C=O) groups is 1. The van der Waals surface area contributed by atoms with E-state index in [1.165, 1.54) is 11.1 Å². The molecule has 3 rings (SSSR count). The van der Waals surface area contributed by atoms with Crippen molar-refractivity contribution in [3.8, 4) is 5.75 Å². The van der Waals surface area contributed by atoms with Gasteiger partial charge in [-0.05, 0) is 56.9 Å². The lowest BCUT2D eigenvalue weighted by atomic mass is 9.89. The molecule has 0 radical (unpaired) electrons. The fourth-order valence-electron chi connectivity index (χ4n) is 3.59. The Bertz CT molecular complexity index is 774. The number of ether oxygens (including phenoxy) is 2. The Kier molecular flexibility index (Phi) is 4.74. The van der Waals surface area contributed by atoms with Crippen molar-refractivity contribution in [3.05, 3.63) is 41.5 Å². The fraction of sp³-hybridized carbons (Fsp3) is 0.476. The molecule has 0 spiro atoms. The van der Waals surface area contributed by atoms with Gasteiger partial charge in [-0.15, -0.1) is 0 Å². The third-order valence-corrected chi connectivity index (χ3v) is 4.72. The van der Waals surface area contributed by atoms with Gasteiger partial charge >= 0.3 is 6.09 Å². The molecule has 0 aromatic heterocycles. The highest BCUT2D eigenvalue weighted by atomic mass is 16.6. The van der Waals surface area contributed by atoms with E-state index in [0.29, 0.717) is 18.8 Å². The Hall–Kier alpha value is -2.43. The molecule has 2 aliphatic rings. The van der Waals surface area contributed by atoms with E-state index in [0.717, 1.165) is 29.7 Å². The van der Waals surface area contributed by atoms with Crippen LogP contribution in [0.3, 0.4) is 0 Å². The molecule has 1 aromatic rings. The maximum Gasteiger partial charge on any atom is 0.410 e. The van der Waals surface area contributed by atoms with E-state index in [1.807, 2.05) is 32.9 Å². The summed E-state index contributed by atoms with van der Waals surface area (Å²) in [6.45, 7) is 12.8. The zero-order chi connectivity index (χ0) is 19.1. The van der Waals surface area contributed by atoms with Crippen LogP contribution in [0.5, 0.6) is 5.75 Å². The molecule has 0 bridgehead atoms. The quantitative estimate of drug-likeness (QED) is 0.640. The molecule has 2 aliphatic heterocycles. The number of nitrogens with two attached hydrogens (primary N) is 1. The third-order valence-electron chi connectivity index (χ3n) is 4.72. The topological polar surface area (TPSA) is 64.8 Å². The van der Waals surface area contributed by atoms with Crippen LogP contribution in [0.25, 0.3) is 5.57 Å². The van der Waals surface area contributed by atoms with Crippen LogP contribution in [0.1, 0.15) is 43.9 Å². The molecule has 1 amide bonds. The van der Waals surface area contributed by atoms with Crippen molar-refractivity contribution in [3.63, 3.8) is 0 Å². The second-order valence-corrected chi connectivity index (χ2v) is 7.97. The van der Waals surface area contributed by atoms with Crippen LogP contribution in [0, 0.1) is 6.92 Å². The van der Waals surface area contributed by atoms with Crippen LogP contribution >= 0.6 is 0 Å². The van der Waals surface area contributed by atoms with Crippen LogP contribution in [0.4, 0.5) is 10.5 Å². The van der Waals surface area contributed by atoms with Crippen LogP contribution < -0.4 is 10.5 Å². The molecule has 1 aromatic carbocycles. The van der Waals surface area contributed by atoms with Crippen molar-refractivity contribution in [1.82, 2.24) is 4.90 Å². The number of hydrogen-bond donors (Lipinski definition) is 1. The van der Waals surface area contributed by atoms with E-state index in [2.05, 4.69) is 19.6 Å². The van der Waals surface area contributed by atoms with E-state index in [1.54, 1.807) is 4.90 Å². The predicted molar refractivity (Wildman–Crippen MR) is 104 cm³/mol. The number of nitrogens with zero attached hydrogens (tertiary/aromatic N) is 1. The lowest BCUT2D eigenvalue weighted by Crippen LogP contribution is -2.39. The number of fused-ring (bicyclic) bond motifs is 1. The largest absolute Gasteiger partial charge is 0.484 e. The summed E-state index contributed by atoms with van der Waals surface area (Å²) in [5.41, 5.74) is 11.1. The van der Waals surface area contributed by atoms with Crippen molar-refractivity contribution in [2.75, 3.05) is 18.8 Å². The van der Waals surface area contributed by atoms with Gasteiger partial charge in [0.2, 0.25) is 0 Å². The van der Waals surface area contributed by atoms with E-state index in [4.69, 9.17) is 15.2 Å². The summed E-state index contributed by atoms with van der Waals surface area (Å²) in [4.78, 5) is 14.0. The minimum absolute atomic E-state index is 0.0321. The molecule has 0 saturated carbocycles. The molecule has 0 saturated heterocycles. The minimum atomic E-state index is -0.480. The number of carbonyl (C=O) groups excluding carboxylic acids is 1. The maximum atomic E-state index is 12.3. The van der Waals surface area contributed by atoms with Crippen molar-refractivity contribution in [2.45, 2.75) is 52.2 Å². The van der Waals surface area contributed by atoms with E-state index >= 15 is 0 Å². The average molecular weight is 356 g/mol. The SMILES string of the molecule is C=C[C@@H]1Cc2c(c(N)cc(C)c2C2=CCN(C(=O)OC(C)(C)C)CC2)O1. The third kappa shape index (κ3) is 3.57. The predicted octanol–water partition coefficient (Wildman–Crippen LogP) is 4.09. The van der Waals surface area contributed by atoms with Gasteiger partial charge in [-0.25, -0.2) is 4.79 Å². The van der Waals surface area contributed by atoms with E-state index in [-0.39, 0.29) is 12.2 Å². The Morgan fingerprint density at radius 1 is 1.46 bits per heavy atom. The molecule has 26 heavy (non-hydrogen) atoms. The summed E-state index contributed by atoms with van der Waals surface area (Å²) in [5, 5.41) is 0. The van der Waals surface area contributed by atoms with Gasteiger partial charge in [0.1, 0.15) is 17.5 Å². The Labute approximate surface area is 155 Å².